The monoisotopic (exact) mass is 535 g/mol. The normalized spacial score (nSPS) is 10.2. The lowest BCUT2D eigenvalue weighted by atomic mass is 10.2. The number of nitro groups is 1. The minimum Gasteiger partial charge on any atom is -0.478 e. The number of rotatable bonds is 4. The second-order valence-electron chi connectivity index (χ2n) is 4.94. The van der Waals surface area contributed by atoms with E-state index in [1.165, 1.54) is 12.1 Å². The number of benzene rings is 2. The first-order valence-electron chi connectivity index (χ1n) is 6.88. The first-order valence-corrected chi connectivity index (χ1v) is 9.26. The van der Waals surface area contributed by atoms with Gasteiger partial charge in [0.05, 0.1) is 26.8 Å². The van der Waals surface area contributed by atoms with Crippen LogP contribution in [0.5, 0.6) is 0 Å². The van der Waals surface area contributed by atoms with Crippen LogP contribution >= 0.6 is 55.7 Å². The molecule has 0 unspecified atom stereocenters. The van der Waals surface area contributed by atoms with Crippen molar-refractivity contribution in [2.45, 2.75) is 0 Å². The molecule has 0 aliphatic carbocycles. The Kier molecular flexibility index (Phi) is 6.87. The molecular weight excluding hydrogens is 530 g/mol. The highest BCUT2D eigenvalue weighted by Crippen LogP contribution is 2.31. The summed E-state index contributed by atoms with van der Waals surface area (Å²) in [5.74, 6) is -2.00. The van der Waals surface area contributed by atoms with E-state index in [1.54, 1.807) is 6.07 Å². The van der Waals surface area contributed by atoms with Crippen molar-refractivity contribution in [1.29, 1.82) is 0 Å². The summed E-state index contributed by atoms with van der Waals surface area (Å²) in [6.07, 6.45) is 0. The van der Waals surface area contributed by atoms with Gasteiger partial charge in [-0.1, -0.05) is 27.5 Å². The van der Waals surface area contributed by atoms with E-state index in [0.29, 0.717) is 8.95 Å². The predicted molar refractivity (Wildman–Crippen MR) is 111 cm³/mol. The van der Waals surface area contributed by atoms with Crippen LogP contribution in [0.4, 0.5) is 11.4 Å². The van der Waals surface area contributed by atoms with Crippen LogP contribution in [0, 0.1) is 10.1 Å². The van der Waals surface area contributed by atoms with Crippen LogP contribution in [0.25, 0.3) is 0 Å². The molecule has 12 heteroatoms. The lowest BCUT2D eigenvalue weighted by Gasteiger charge is -2.14. The molecule has 0 spiro atoms. The minimum atomic E-state index is -1.21. The Morgan fingerprint density at radius 3 is 2.44 bits per heavy atom. The lowest BCUT2D eigenvalue weighted by molar-refractivity contribution is -0.384. The average molecular weight is 538 g/mol. The van der Waals surface area contributed by atoms with E-state index in [2.05, 4.69) is 42.5 Å². The second kappa shape index (κ2) is 8.74. The molecule has 0 saturated heterocycles. The molecule has 0 aliphatic rings. The Bertz CT molecular complexity index is 986. The van der Waals surface area contributed by atoms with Crippen LogP contribution in [0.2, 0.25) is 5.02 Å². The van der Waals surface area contributed by atoms with Gasteiger partial charge in [-0.15, -0.1) is 0 Å². The molecule has 140 valence electrons. The zero-order valence-corrected chi connectivity index (χ0v) is 17.7. The Morgan fingerprint density at radius 2 is 1.85 bits per heavy atom. The maximum atomic E-state index is 12.3. The summed E-state index contributed by atoms with van der Waals surface area (Å²) in [6, 6.07) is 6.35. The molecule has 0 radical (unpaired) electrons. The summed E-state index contributed by atoms with van der Waals surface area (Å²) in [5, 5.41) is 24.9. The molecule has 0 aromatic heterocycles. The fraction of sp³-hybridized carbons (Fsp3) is 0. The molecule has 3 N–H and O–H groups in total. The molecule has 2 aromatic rings. The van der Waals surface area contributed by atoms with Gasteiger partial charge in [0, 0.05) is 21.1 Å². The predicted octanol–water partition coefficient (Wildman–Crippen LogP) is 4.60. The molecular formula is C15H8Br2ClN3O5S. The highest BCUT2D eigenvalue weighted by atomic mass is 79.9. The number of non-ortho nitro benzene ring substituents is 1. The summed E-state index contributed by atoms with van der Waals surface area (Å²) in [4.78, 5) is 33.9. The number of amides is 1. The number of nitrogens with one attached hydrogen (secondary N) is 2. The largest absolute Gasteiger partial charge is 0.478 e. The molecule has 0 bridgehead atoms. The molecule has 0 atom stereocenters. The quantitative estimate of drug-likeness (QED) is 0.296. The standard InChI is InChI=1S/C15H8Br2ClN3O5S/c16-6-3-9(14(23)24)12(10(17)4-6)19-15(27)20-13(22)8-5-7(21(25)26)1-2-11(8)18/h1-5H,(H,23,24)(H2,19,20,22,27). The number of anilines is 1. The van der Waals surface area contributed by atoms with Crippen LogP contribution in [-0.4, -0.2) is 27.0 Å². The number of nitro benzene ring substituents is 1. The van der Waals surface area contributed by atoms with Crippen molar-refractivity contribution in [3.63, 3.8) is 0 Å². The number of aromatic carboxylic acids is 1. The van der Waals surface area contributed by atoms with E-state index in [1.807, 2.05) is 0 Å². The van der Waals surface area contributed by atoms with E-state index in [-0.39, 0.29) is 32.6 Å². The van der Waals surface area contributed by atoms with Gasteiger partial charge in [0.2, 0.25) is 0 Å². The number of nitrogens with zero attached hydrogens (tertiary/aromatic N) is 1. The number of carboxylic acids is 1. The van der Waals surface area contributed by atoms with Crippen molar-refractivity contribution in [3.05, 3.63) is 65.5 Å². The summed E-state index contributed by atoms with van der Waals surface area (Å²) < 4.78 is 0.912. The Hall–Kier alpha value is -2.08. The Morgan fingerprint density at radius 1 is 1.19 bits per heavy atom. The van der Waals surface area contributed by atoms with E-state index in [4.69, 9.17) is 23.8 Å². The van der Waals surface area contributed by atoms with Crippen LogP contribution in [-0.2, 0) is 0 Å². The average Bonchev–Trinajstić information content (AvgIpc) is 2.56. The van der Waals surface area contributed by atoms with Crippen LogP contribution in [0.3, 0.4) is 0 Å². The van der Waals surface area contributed by atoms with Gasteiger partial charge < -0.3 is 10.4 Å². The van der Waals surface area contributed by atoms with E-state index in [0.717, 1.165) is 12.1 Å². The molecule has 2 aromatic carbocycles. The number of carbonyl (C=O) groups is 2. The molecule has 8 nitrogen and oxygen atoms in total. The Labute approximate surface area is 179 Å². The summed E-state index contributed by atoms with van der Waals surface area (Å²) >= 11 is 17.3. The molecule has 27 heavy (non-hydrogen) atoms. The van der Waals surface area contributed by atoms with Crippen molar-refractivity contribution < 1.29 is 19.6 Å². The van der Waals surface area contributed by atoms with Gasteiger partial charge >= 0.3 is 5.97 Å². The van der Waals surface area contributed by atoms with Gasteiger partial charge in [-0.2, -0.15) is 0 Å². The summed E-state index contributed by atoms with van der Waals surface area (Å²) in [7, 11) is 0. The van der Waals surface area contributed by atoms with E-state index < -0.39 is 16.8 Å². The van der Waals surface area contributed by atoms with Gasteiger partial charge in [0.1, 0.15) is 0 Å². The fourth-order valence-corrected chi connectivity index (χ4v) is 3.71. The third-order valence-corrected chi connectivity index (χ3v) is 4.77. The highest BCUT2D eigenvalue weighted by molar-refractivity contribution is 9.11. The molecule has 2 rings (SSSR count). The molecule has 1 amide bonds. The van der Waals surface area contributed by atoms with Crippen molar-refractivity contribution in [2.24, 2.45) is 0 Å². The lowest BCUT2D eigenvalue weighted by Crippen LogP contribution is -2.34. The summed E-state index contributed by atoms with van der Waals surface area (Å²) in [6.45, 7) is 0. The first-order chi connectivity index (χ1) is 12.6. The smallest absolute Gasteiger partial charge is 0.337 e. The zero-order chi connectivity index (χ0) is 20.3. The zero-order valence-electron chi connectivity index (χ0n) is 13.0. The van der Waals surface area contributed by atoms with Crippen LogP contribution in [0.15, 0.2) is 39.3 Å². The number of carbonyl (C=O) groups excluding carboxylic acids is 1. The second-order valence-corrected chi connectivity index (χ2v) is 7.53. The highest BCUT2D eigenvalue weighted by Gasteiger charge is 2.19. The van der Waals surface area contributed by atoms with Crippen molar-refractivity contribution in [1.82, 2.24) is 5.32 Å². The SMILES string of the molecule is O=C(NC(=S)Nc1c(Br)cc(Br)cc1C(=O)O)c1cc([N+](=O)[O-])ccc1Cl. The number of thiocarbonyl (C=S) groups is 1. The van der Waals surface area contributed by atoms with Crippen molar-refractivity contribution in [2.75, 3.05) is 5.32 Å². The number of hydrogen-bond donors (Lipinski definition) is 3. The third kappa shape index (κ3) is 5.22. The van der Waals surface area contributed by atoms with Crippen molar-refractivity contribution >= 4 is 84.0 Å². The molecule has 0 saturated carbocycles. The minimum absolute atomic E-state index is 0.00283. The topological polar surface area (TPSA) is 122 Å². The van der Waals surface area contributed by atoms with Crippen LogP contribution < -0.4 is 10.6 Å². The van der Waals surface area contributed by atoms with Crippen molar-refractivity contribution in [3.8, 4) is 0 Å². The van der Waals surface area contributed by atoms with Gasteiger partial charge in [0.15, 0.2) is 5.11 Å². The first kappa shape index (κ1) is 21.2. The maximum Gasteiger partial charge on any atom is 0.337 e. The van der Waals surface area contributed by atoms with Crippen LogP contribution in [0.1, 0.15) is 20.7 Å². The molecule has 0 fully saturated rings. The van der Waals surface area contributed by atoms with E-state index >= 15 is 0 Å². The number of halogens is 3. The number of hydrogen-bond acceptors (Lipinski definition) is 5. The summed E-state index contributed by atoms with van der Waals surface area (Å²) in [5.41, 5.74) is -0.432. The van der Waals surface area contributed by atoms with Gasteiger partial charge in [-0.3, -0.25) is 20.2 Å². The van der Waals surface area contributed by atoms with E-state index in [9.17, 15) is 24.8 Å². The molecule has 0 heterocycles. The van der Waals surface area contributed by atoms with Gasteiger partial charge in [-0.25, -0.2) is 4.79 Å². The fourth-order valence-electron chi connectivity index (χ4n) is 1.99. The molecule has 0 aliphatic heterocycles. The van der Waals surface area contributed by atoms with Gasteiger partial charge in [0.25, 0.3) is 11.6 Å². The Balaban J connectivity index is 2.25. The maximum absolute atomic E-state index is 12.3. The number of carboxylic acid groups (broad SMARTS) is 1. The third-order valence-electron chi connectivity index (χ3n) is 3.16. The van der Waals surface area contributed by atoms with Gasteiger partial charge in [-0.05, 0) is 46.3 Å².